The first kappa shape index (κ1) is 18.1. The maximum atomic E-state index is 12.2. The van der Waals surface area contributed by atoms with E-state index < -0.39 is 13.1 Å². The van der Waals surface area contributed by atoms with Crippen molar-refractivity contribution >= 4 is 19.0 Å². The second-order valence-corrected chi connectivity index (χ2v) is 7.56. The van der Waals surface area contributed by atoms with E-state index in [1.165, 1.54) is 7.11 Å². The summed E-state index contributed by atoms with van der Waals surface area (Å²) in [6.07, 6.45) is 0.555. The molecule has 0 radical (unpaired) electrons. The zero-order valence-corrected chi connectivity index (χ0v) is 12.0. The number of rotatable bonds is 10. The van der Waals surface area contributed by atoms with Gasteiger partial charge in [-0.25, -0.2) is 0 Å². The van der Waals surface area contributed by atoms with Crippen LogP contribution in [0, 0.1) is 0 Å². The van der Waals surface area contributed by atoms with E-state index in [9.17, 15) is 14.2 Å². The molecule has 19 heavy (non-hydrogen) atoms. The summed E-state index contributed by atoms with van der Waals surface area (Å²) in [6.45, 7) is -0.196. The average molecular weight is 295 g/mol. The van der Waals surface area contributed by atoms with E-state index >= 15 is 0 Å². The molecule has 1 amide bonds. The van der Waals surface area contributed by atoms with Gasteiger partial charge in [-0.05, 0) is 0 Å². The van der Waals surface area contributed by atoms with Crippen molar-refractivity contribution < 1.29 is 29.1 Å². The number of amides is 1. The molecule has 0 aromatic rings. The lowest BCUT2D eigenvalue weighted by Crippen LogP contribution is -2.27. The topological polar surface area (TPSA) is 113 Å². The highest BCUT2D eigenvalue weighted by molar-refractivity contribution is 7.64. The number of ether oxygens (including phenoxy) is 1. The van der Waals surface area contributed by atoms with Gasteiger partial charge in [0, 0.05) is 44.7 Å². The van der Waals surface area contributed by atoms with Crippen molar-refractivity contribution in [2.75, 3.05) is 45.4 Å². The normalized spacial score (nSPS) is 11.1. The third-order valence-electron chi connectivity index (χ3n) is 2.64. The standard InChI is InChI=1S/C11H22NO6P/c1-18-11(16)3-2-10(15)12-4-7-19(17,8-5-13)9-6-14/h13-14H,2-9H2,1H3,(H,12,15). The third-order valence-corrected chi connectivity index (χ3v) is 5.71. The van der Waals surface area contributed by atoms with Crippen molar-refractivity contribution in [3.63, 3.8) is 0 Å². The van der Waals surface area contributed by atoms with Crippen molar-refractivity contribution in [2.45, 2.75) is 12.8 Å². The summed E-state index contributed by atoms with van der Waals surface area (Å²) in [5, 5.41) is 20.2. The molecule has 0 aliphatic heterocycles. The highest BCUT2D eigenvalue weighted by Gasteiger charge is 2.20. The molecule has 0 saturated carbocycles. The predicted molar refractivity (Wildman–Crippen MR) is 70.6 cm³/mol. The molecule has 7 nitrogen and oxygen atoms in total. The highest BCUT2D eigenvalue weighted by atomic mass is 31.2. The van der Waals surface area contributed by atoms with Crippen LogP contribution in [0.1, 0.15) is 12.8 Å². The molecular formula is C11H22NO6P. The van der Waals surface area contributed by atoms with E-state index in [1.54, 1.807) is 0 Å². The molecule has 0 unspecified atom stereocenters. The number of methoxy groups -OCH3 is 1. The minimum atomic E-state index is -2.63. The van der Waals surface area contributed by atoms with Gasteiger partial charge in [0.05, 0.1) is 20.7 Å². The van der Waals surface area contributed by atoms with Gasteiger partial charge in [-0.2, -0.15) is 0 Å². The van der Waals surface area contributed by atoms with Crippen LogP contribution in [0.15, 0.2) is 0 Å². The number of hydrogen-bond acceptors (Lipinski definition) is 6. The Balaban J connectivity index is 3.95. The number of nitrogens with one attached hydrogen (secondary N) is 1. The van der Waals surface area contributed by atoms with Gasteiger partial charge in [0.25, 0.3) is 0 Å². The quantitative estimate of drug-likeness (QED) is 0.366. The van der Waals surface area contributed by atoms with Crippen LogP contribution in [0.4, 0.5) is 0 Å². The molecule has 0 rings (SSSR count). The Morgan fingerprint density at radius 1 is 1.11 bits per heavy atom. The Morgan fingerprint density at radius 3 is 2.16 bits per heavy atom. The van der Waals surface area contributed by atoms with Crippen LogP contribution in [0.25, 0.3) is 0 Å². The zero-order chi connectivity index (χ0) is 14.7. The number of aliphatic hydroxyl groups is 2. The first-order valence-electron chi connectivity index (χ1n) is 6.09. The number of aliphatic hydroxyl groups excluding tert-OH is 2. The Hall–Kier alpha value is -0.910. The maximum Gasteiger partial charge on any atom is 0.306 e. The summed E-state index contributed by atoms with van der Waals surface area (Å²) in [4.78, 5) is 22.2. The van der Waals surface area contributed by atoms with Gasteiger partial charge in [0.2, 0.25) is 5.91 Å². The molecule has 0 atom stereocenters. The molecule has 112 valence electrons. The molecule has 0 fully saturated rings. The molecule has 0 heterocycles. The van der Waals surface area contributed by atoms with E-state index in [2.05, 4.69) is 10.1 Å². The first-order chi connectivity index (χ1) is 8.97. The van der Waals surface area contributed by atoms with Crippen LogP contribution in [0.3, 0.4) is 0 Å². The summed E-state index contributed by atoms with van der Waals surface area (Å²) in [5.74, 6) is -0.772. The van der Waals surface area contributed by atoms with Gasteiger partial charge in [0.15, 0.2) is 0 Å². The molecule has 0 bridgehead atoms. The fourth-order valence-corrected chi connectivity index (χ4v) is 3.42. The van der Waals surface area contributed by atoms with Crippen molar-refractivity contribution in [3.05, 3.63) is 0 Å². The summed E-state index contributed by atoms with van der Waals surface area (Å²) in [7, 11) is -1.38. The molecule has 8 heteroatoms. The number of esters is 1. The lowest BCUT2D eigenvalue weighted by molar-refractivity contribution is -0.142. The Labute approximate surface area is 112 Å². The smallest absolute Gasteiger partial charge is 0.306 e. The van der Waals surface area contributed by atoms with Crippen LogP contribution >= 0.6 is 7.14 Å². The van der Waals surface area contributed by atoms with E-state index in [1.807, 2.05) is 0 Å². The number of carbonyl (C=O) groups is 2. The van der Waals surface area contributed by atoms with Crippen LogP contribution in [-0.2, 0) is 18.9 Å². The van der Waals surface area contributed by atoms with Gasteiger partial charge in [-0.15, -0.1) is 0 Å². The van der Waals surface area contributed by atoms with E-state index in [0.717, 1.165) is 0 Å². The second-order valence-electron chi connectivity index (χ2n) is 4.10. The summed E-state index contributed by atoms with van der Waals surface area (Å²) < 4.78 is 16.6. The average Bonchev–Trinajstić information content (AvgIpc) is 2.36. The highest BCUT2D eigenvalue weighted by Crippen LogP contribution is 2.43. The molecule has 0 aromatic heterocycles. The summed E-state index contributed by atoms with van der Waals surface area (Å²) in [5.41, 5.74) is 0. The fraction of sp³-hybridized carbons (Fsp3) is 0.818. The molecule has 0 aliphatic carbocycles. The predicted octanol–water partition coefficient (Wildman–Crippen LogP) is -0.596. The third kappa shape index (κ3) is 8.75. The zero-order valence-electron chi connectivity index (χ0n) is 11.1. The second kappa shape index (κ2) is 9.95. The van der Waals surface area contributed by atoms with Gasteiger partial charge in [0.1, 0.15) is 0 Å². The Kier molecular flexibility index (Phi) is 9.47. The van der Waals surface area contributed by atoms with Crippen molar-refractivity contribution in [3.8, 4) is 0 Å². The minimum Gasteiger partial charge on any atom is -0.469 e. The summed E-state index contributed by atoms with van der Waals surface area (Å²) >= 11 is 0. The molecule has 3 N–H and O–H groups in total. The largest absolute Gasteiger partial charge is 0.469 e. The monoisotopic (exact) mass is 295 g/mol. The van der Waals surface area contributed by atoms with E-state index in [4.69, 9.17) is 10.2 Å². The molecule has 0 spiro atoms. The minimum absolute atomic E-state index is 0.00722. The van der Waals surface area contributed by atoms with Crippen LogP contribution in [0.2, 0.25) is 0 Å². The number of hydrogen-bond donors (Lipinski definition) is 3. The lowest BCUT2D eigenvalue weighted by Gasteiger charge is -2.16. The van der Waals surface area contributed by atoms with Gasteiger partial charge >= 0.3 is 5.97 Å². The van der Waals surface area contributed by atoms with E-state index in [-0.39, 0.29) is 57.0 Å². The van der Waals surface area contributed by atoms with Crippen LogP contribution < -0.4 is 5.32 Å². The Morgan fingerprint density at radius 2 is 1.68 bits per heavy atom. The van der Waals surface area contributed by atoms with Crippen molar-refractivity contribution in [1.29, 1.82) is 0 Å². The first-order valence-corrected chi connectivity index (χ1v) is 8.36. The van der Waals surface area contributed by atoms with Crippen LogP contribution in [-0.4, -0.2) is 67.4 Å². The fourth-order valence-electron chi connectivity index (χ4n) is 1.51. The van der Waals surface area contributed by atoms with Gasteiger partial charge in [-0.1, -0.05) is 0 Å². The SMILES string of the molecule is COC(=O)CCC(=O)NCCP(=O)(CCO)CCO. The molecule has 0 aromatic carbocycles. The van der Waals surface area contributed by atoms with Gasteiger partial charge in [-0.3, -0.25) is 9.59 Å². The van der Waals surface area contributed by atoms with Crippen molar-refractivity contribution in [1.82, 2.24) is 5.32 Å². The van der Waals surface area contributed by atoms with E-state index in [0.29, 0.717) is 0 Å². The van der Waals surface area contributed by atoms with Crippen molar-refractivity contribution in [2.24, 2.45) is 0 Å². The lowest BCUT2D eigenvalue weighted by atomic mass is 10.3. The van der Waals surface area contributed by atoms with Gasteiger partial charge < -0.3 is 24.8 Å². The Bertz CT molecular complexity index is 323. The summed E-state index contributed by atoms with van der Waals surface area (Å²) in [6, 6.07) is 0. The maximum absolute atomic E-state index is 12.2. The molecular weight excluding hydrogens is 273 g/mol. The molecule has 0 saturated heterocycles. The number of carbonyl (C=O) groups excluding carboxylic acids is 2. The van der Waals surface area contributed by atoms with Crippen LogP contribution in [0.5, 0.6) is 0 Å². The molecule has 0 aliphatic rings.